The highest BCUT2D eigenvalue weighted by Gasteiger charge is 2.11. The van der Waals surface area contributed by atoms with Crippen molar-refractivity contribution in [3.05, 3.63) is 35.9 Å². The van der Waals surface area contributed by atoms with Crippen molar-refractivity contribution in [1.82, 2.24) is 4.98 Å². The number of nitrogens with two attached hydrogens (primary N) is 1. The highest BCUT2D eigenvalue weighted by atomic mass is 32.2. The number of rotatable bonds is 3. The van der Waals surface area contributed by atoms with Gasteiger partial charge >= 0.3 is 0 Å². The zero-order valence-electron chi connectivity index (χ0n) is 11.7. The molecule has 0 atom stereocenters. The van der Waals surface area contributed by atoms with Gasteiger partial charge in [0.2, 0.25) is 5.91 Å². The number of thioether (sulfide) groups is 1. The fourth-order valence-corrected chi connectivity index (χ4v) is 2.47. The first-order valence-corrected chi connectivity index (χ1v) is 7.40. The highest BCUT2D eigenvalue weighted by Crippen LogP contribution is 2.29. The quantitative estimate of drug-likeness (QED) is 0.850. The van der Waals surface area contributed by atoms with Crippen LogP contribution in [0.3, 0.4) is 0 Å². The average Bonchev–Trinajstić information content (AvgIpc) is 2.46. The number of nitrogen functional groups attached to an aromatic ring is 1. The fourth-order valence-electron chi connectivity index (χ4n) is 1.89. The Bertz CT molecular complexity index is 720. The Morgan fingerprint density at radius 1 is 1.38 bits per heavy atom. The Balaban J connectivity index is 2.40. The Labute approximate surface area is 127 Å². The van der Waals surface area contributed by atoms with E-state index in [4.69, 9.17) is 11.0 Å². The van der Waals surface area contributed by atoms with Crippen molar-refractivity contribution in [2.45, 2.75) is 11.8 Å². The molecule has 0 saturated carbocycles. The Kier molecular flexibility index (Phi) is 4.45. The van der Waals surface area contributed by atoms with Gasteiger partial charge in [0.15, 0.2) is 0 Å². The van der Waals surface area contributed by atoms with Crippen LogP contribution in [0.2, 0.25) is 0 Å². The number of carbonyl (C=O) groups is 1. The van der Waals surface area contributed by atoms with E-state index in [2.05, 4.69) is 16.4 Å². The molecule has 6 heteroatoms. The molecule has 0 bridgehead atoms. The molecule has 2 rings (SSSR count). The van der Waals surface area contributed by atoms with Crippen molar-refractivity contribution >= 4 is 29.2 Å². The minimum Gasteiger partial charge on any atom is -0.383 e. The Morgan fingerprint density at radius 2 is 2.05 bits per heavy atom. The first-order chi connectivity index (χ1) is 10.0. The van der Waals surface area contributed by atoms with Gasteiger partial charge in [-0.3, -0.25) is 4.79 Å². The summed E-state index contributed by atoms with van der Waals surface area (Å²) in [5.41, 5.74) is 8.53. The van der Waals surface area contributed by atoms with Crippen LogP contribution < -0.4 is 11.1 Å². The van der Waals surface area contributed by atoms with Gasteiger partial charge in [-0.25, -0.2) is 4.98 Å². The van der Waals surface area contributed by atoms with Gasteiger partial charge < -0.3 is 11.1 Å². The van der Waals surface area contributed by atoms with E-state index >= 15 is 0 Å². The smallest absolute Gasteiger partial charge is 0.221 e. The lowest BCUT2D eigenvalue weighted by Crippen LogP contribution is -2.05. The number of aromatic nitrogens is 1. The van der Waals surface area contributed by atoms with E-state index in [0.29, 0.717) is 11.3 Å². The summed E-state index contributed by atoms with van der Waals surface area (Å²) in [6.45, 7) is 1.46. The van der Waals surface area contributed by atoms with Gasteiger partial charge in [-0.2, -0.15) is 5.26 Å². The van der Waals surface area contributed by atoms with E-state index in [0.717, 1.165) is 16.1 Å². The van der Waals surface area contributed by atoms with E-state index in [-0.39, 0.29) is 11.7 Å². The van der Waals surface area contributed by atoms with Gasteiger partial charge in [-0.15, -0.1) is 11.8 Å². The topological polar surface area (TPSA) is 91.8 Å². The van der Waals surface area contributed by atoms with Gasteiger partial charge in [0.25, 0.3) is 0 Å². The molecular formula is C15H14N4OS. The minimum atomic E-state index is -0.117. The Hall–Kier alpha value is -2.52. The third kappa shape index (κ3) is 3.33. The number of nitriles is 1. The number of hydrogen-bond acceptors (Lipinski definition) is 5. The highest BCUT2D eigenvalue weighted by molar-refractivity contribution is 7.98. The molecule has 0 radical (unpaired) electrons. The number of hydrogen-bond donors (Lipinski definition) is 2. The lowest BCUT2D eigenvalue weighted by Gasteiger charge is -2.08. The van der Waals surface area contributed by atoms with Crippen LogP contribution >= 0.6 is 11.8 Å². The van der Waals surface area contributed by atoms with Crippen molar-refractivity contribution in [1.29, 1.82) is 5.26 Å². The van der Waals surface area contributed by atoms with Gasteiger partial charge in [0.1, 0.15) is 17.5 Å². The van der Waals surface area contributed by atoms with Crippen LogP contribution in [0.4, 0.5) is 11.5 Å². The van der Waals surface area contributed by atoms with Crippen LogP contribution in [0, 0.1) is 11.3 Å². The van der Waals surface area contributed by atoms with E-state index in [1.165, 1.54) is 18.7 Å². The van der Waals surface area contributed by atoms with Crippen LogP contribution in [-0.4, -0.2) is 17.1 Å². The molecule has 0 spiro atoms. The molecule has 1 heterocycles. The number of nitrogens with zero attached hydrogens (tertiary/aromatic N) is 2. The molecule has 0 aliphatic rings. The number of nitrogens with one attached hydrogen (secondary N) is 1. The van der Waals surface area contributed by atoms with Gasteiger partial charge in [-0.1, -0.05) is 12.1 Å². The van der Waals surface area contributed by atoms with Crippen LogP contribution in [0.1, 0.15) is 12.5 Å². The van der Waals surface area contributed by atoms with E-state index in [1.807, 2.05) is 24.5 Å². The van der Waals surface area contributed by atoms with Crippen molar-refractivity contribution < 1.29 is 4.79 Å². The monoisotopic (exact) mass is 298 g/mol. The lowest BCUT2D eigenvalue weighted by molar-refractivity contribution is -0.114. The summed E-state index contributed by atoms with van der Waals surface area (Å²) < 4.78 is 0. The third-order valence-corrected chi connectivity index (χ3v) is 3.61. The number of anilines is 2. The molecule has 21 heavy (non-hydrogen) atoms. The number of pyridine rings is 1. The normalized spacial score (nSPS) is 9.95. The first-order valence-electron chi connectivity index (χ1n) is 6.17. The minimum absolute atomic E-state index is 0.117. The molecule has 3 N–H and O–H groups in total. The molecule has 1 aromatic carbocycles. The zero-order valence-corrected chi connectivity index (χ0v) is 12.5. The summed E-state index contributed by atoms with van der Waals surface area (Å²) in [6, 6.07) is 11.2. The van der Waals surface area contributed by atoms with Crippen molar-refractivity contribution in [2.75, 3.05) is 17.3 Å². The molecule has 2 aromatic rings. The summed E-state index contributed by atoms with van der Waals surface area (Å²) in [7, 11) is 0. The molecule has 0 unspecified atom stereocenters. The second kappa shape index (κ2) is 6.29. The van der Waals surface area contributed by atoms with Gasteiger partial charge in [0.05, 0.1) is 5.69 Å². The molecule has 0 fully saturated rings. The molecule has 0 aliphatic carbocycles. The van der Waals surface area contributed by atoms with E-state index in [9.17, 15) is 4.79 Å². The largest absolute Gasteiger partial charge is 0.383 e. The van der Waals surface area contributed by atoms with Gasteiger partial charge in [-0.05, 0) is 24.5 Å². The van der Waals surface area contributed by atoms with Crippen molar-refractivity contribution in [2.24, 2.45) is 0 Å². The summed E-state index contributed by atoms with van der Waals surface area (Å²) in [5.74, 6) is 0.110. The standard InChI is InChI=1S/C15H14N4OS/c1-9(20)18-11-5-3-10(4-6-11)13-7-14(21-2)12(8-16)15(17)19-13/h3-7H,1-2H3,(H2,17,19)(H,18,20). The summed E-state index contributed by atoms with van der Waals surface area (Å²) in [6.07, 6.45) is 1.89. The molecular weight excluding hydrogens is 284 g/mol. The number of carbonyl (C=O) groups excluding carboxylic acids is 1. The maximum atomic E-state index is 11.0. The summed E-state index contributed by atoms with van der Waals surface area (Å²) in [5, 5.41) is 11.8. The zero-order chi connectivity index (χ0) is 15.4. The molecule has 1 amide bonds. The van der Waals surface area contributed by atoms with Crippen molar-refractivity contribution in [3.63, 3.8) is 0 Å². The van der Waals surface area contributed by atoms with E-state index < -0.39 is 0 Å². The Morgan fingerprint density at radius 3 is 2.57 bits per heavy atom. The maximum Gasteiger partial charge on any atom is 0.221 e. The van der Waals surface area contributed by atoms with Crippen LogP contribution in [0.25, 0.3) is 11.3 Å². The van der Waals surface area contributed by atoms with Crippen LogP contribution in [0.15, 0.2) is 35.2 Å². The number of benzene rings is 1. The first kappa shape index (κ1) is 14.9. The molecule has 0 saturated heterocycles. The summed E-state index contributed by atoms with van der Waals surface area (Å²) >= 11 is 1.46. The molecule has 106 valence electrons. The molecule has 0 aliphatic heterocycles. The number of amides is 1. The van der Waals surface area contributed by atoms with Gasteiger partial charge in [0, 0.05) is 23.1 Å². The maximum absolute atomic E-state index is 11.0. The second-order valence-electron chi connectivity index (χ2n) is 4.34. The predicted molar refractivity (Wildman–Crippen MR) is 84.9 cm³/mol. The predicted octanol–water partition coefficient (Wildman–Crippen LogP) is 2.88. The second-order valence-corrected chi connectivity index (χ2v) is 5.19. The SMILES string of the molecule is CSc1cc(-c2ccc(NC(C)=O)cc2)nc(N)c1C#N. The average molecular weight is 298 g/mol. The van der Waals surface area contributed by atoms with Crippen LogP contribution in [0.5, 0.6) is 0 Å². The molecule has 1 aromatic heterocycles. The van der Waals surface area contributed by atoms with E-state index in [1.54, 1.807) is 12.1 Å². The third-order valence-electron chi connectivity index (χ3n) is 2.84. The summed E-state index contributed by atoms with van der Waals surface area (Å²) in [4.78, 5) is 16.1. The van der Waals surface area contributed by atoms with Crippen molar-refractivity contribution in [3.8, 4) is 17.3 Å². The lowest BCUT2D eigenvalue weighted by atomic mass is 10.1. The molecule has 5 nitrogen and oxygen atoms in total. The fraction of sp³-hybridized carbons (Fsp3) is 0.133. The van der Waals surface area contributed by atoms with Crippen LogP contribution in [-0.2, 0) is 4.79 Å².